The lowest BCUT2D eigenvalue weighted by molar-refractivity contribution is 0.331. The Balaban J connectivity index is 1.72. The second-order valence-corrected chi connectivity index (χ2v) is 6.19. The third-order valence-corrected chi connectivity index (χ3v) is 4.22. The Labute approximate surface area is 149 Å². The van der Waals surface area contributed by atoms with Gasteiger partial charge in [0, 0.05) is 36.7 Å². The molecular weight excluding hydrogens is 330 g/mol. The average molecular weight is 349 g/mol. The maximum Gasteiger partial charge on any atom is 0.260 e. The van der Waals surface area contributed by atoms with Crippen LogP contribution in [0.15, 0.2) is 54.0 Å². The molecule has 4 aromatic rings. The molecule has 0 spiro atoms. The zero-order valence-electron chi connectivity index (χ0n) is 14.4. The van der Waals surface area contributed by atoms with Gasteiger partial charge in [0.1, 0.15) is 18.0 Å². The predicted molar refractivity (Wildman–Crippen MR) is 99.6 cm³/mol. The number of aromatic nitrogens is 4. The van der Waals surface area contributed by atoms with Crippen LogP contribution >= 0.6 is 0 Å². The highest BCUT2D eigenvalue weighted by molar-refractivity contribution is 5.86. The van der Waals surface area contributed by atoms with E-state index in [1.807, 2.05) is 41.9 Å². The van der Waals surface area contributed by atoms with E-state index in [4.69, 9.17) is 10.5 Å². The van der Waals surface area contributed by atoms with Gasteiger partial charge < -0.3 is 19.4 Å². The maximum atomic E-state index is 12.8. The third kappa shape index (κ3) is 2.93. The number of nitrogens with zero attached hydrogens (tertiary/aromatic N) is 4. The van der Waals surface area contributed by atoms with Gasteiger partial charge in [0.25, 0.3) is 5.56 Å². The summed E-state index contributed by atoms with van der Waals surface area (Å²) < 4.78 is 9.18. The quantitative estimate of drug-likeness (QED) is 0.593. The van der Waals surface area contributed by atoms with Crippen molar-refractivity contribution in [2.24, 2.45) is 5.73 Å². The Morgan fingerprint density at radius 1 is 1.15 bits per heavy atom. The van der Waals surface area contributed by atoms with E-state index in [9.17, 15) is 4.79 Å². The van der Waals surface area contributed by atoms with Gasteiger partial charge in [-0.3, -0.25) is 9.78 Å². The van der Waals surface area contributed by atoms with Gasteiger partial charge in [0.2, 0.25) is 0 Å². The van der Waals surface area contributed by atoms with Gasteiger partial charge in [-0.15, -0.1) is 0 Å². The highest BCUT2D eigenvalue weighted by atomic mass is 16.5. The molecule has 0 amide bonds. The first kappa shape index (κ1) is 16.3. The second kappa shape index (κ2) is 6.61. The molecule has 4 heterocycles. The van der Waals surface area contributed by atoms with Crippen molar-refractivity contribution in [1.82, 2.24) is 18.9 Å². The van der Waals surface area contributed by atoms with Crippen LogP contribution < -0.4 is 16.0 Å². The molecule has 0 aliphatic carbocycles. The van der Waals surface area contributed by atoms with Crippen LogP contribution in [0.1, 0.15) is 11.3 Å². The Hall–Kier alpha value is -3.19. The van der Waals surface area contributed by atoms with Crippen molar-refractivity contribution in [3.05, 3.63) is 70.8 Å². The van der Waals surface area contributed by atoms with E-state index in [-0.39, 0.29) is 5.56 Å². The van der Waals surface area contributed by atoms with Gasteiger partial charge >= 0.3 is 0 Å². The molecular formula is C19H19N5O2. The van der Waals surface area contributed by atoms with Crippen LogP contribution in [-0.4, -0.2) is 32.1 Å². The molecule has 0 aliphatic heterocycles. The standard InChI is InChI=1S/C19H19N5O2/c1-13-2-3-18-22-14(12-24(18)10-13)11-23-6-4-15-16(19(23)25)8-21-9-17(15)26-7-5-20/h2-4,6,8-10,12H,5,7,11,20H2,1H3. The molecule has 4 aromatic heterocycles. The first-order chi connectivity index (χ1) is 12.7. The van der Waals surface area contributed by atoms with E-state index < -0.39 is 0 Å². The fourth-order valence-corrected chi connectivity index (χ4v) is 3.00. The third-order valence-electron chi connectivity index (χ3n) is 4.22. The van der Waals surface area contributed by atoms with Crippen molar-refractivity contribution in [1.29, 1.82) is 0 Å². The number of fused-ring (bicyclic) bond motifs is 2. The van der Waals surface area contributed by atoms with E-state index in [2.05, 4.69) is 9.97 Å². The molecule has 0 fully saturated rings. The Bertz CT molecular complexity index is 1150. The average Bonchev–Trinajstić information content (AvgIpc) is 3.03. The number of imidazole rings is 1. The van der Waals surface area contributed by atoms with Crippen LogP contribution in [0.25, 0.3) is 16.4 Å². The highest BCUT2D eigenvalue weighted by Gasteiger charge is 2.10. The zero-order chi connectivity index (χ0) is 18.1. The normalized spacial score (nSPS) is 11.3. The van der Waals surface area contributed by atoms with Gasteiger partial charge in [0.05, 0.1) is 23.8 Å². The molecule has 26 heavy (non-hydrogen) atoms. The number of ether oxygens (including phenoxy) is 1. The predicted octanol–water partition coefficient (Wildman–Crippen LogP) is 1.74. The first-order valence-electron chi connectivity index (χ1n) is 8.40. The summed E-state index contributed by atoms with van der Waals surface area (Å²) in [6, 6.07) is 5.85. The number of aryl methyl sites for hydroxylation is 1. The summed E-state index contributed by atoms with van der Waals surface area (Å²) in [5.41, 5.74) is 8.19. The van der Waals surface area contributed by atoms with Gasteiger partial charge in [0.15, 0.2) is 0 Å². The van der Waals surface area contributed by atoms with Crippen molar-refractivity contribution in [2.75, 3.05) is 13.2 Å². The largest absolute Gasteiger partial charge is 0.490 e. The lowest BCUT2D eigenvalue weighted by atomic mass is 10.2. The molecule has 0 radical (unpaired) electrons. The minimum absolute atomic E-state index is 0.124. The molecule has 0 aliphatic rings. The van der Waals surface area contributed by atoms with Crippen LogP contribution in [0.4, 0.5) is 0 Å². The zero-order valence-corrected chi connectivity index (χ0v) is 14.4. The minimum Gasteiger partial charge on any atom is -0.490 e. The lowest BCUT2D eigenvalue weighted by Crippen LogP contribution is -2.20. The first-order valence-corrected chi connectivity index (χ1v) is 8.40. The summed E-state index contributed by atoms with van der Waals surface area (Å²) in [6.07, 6.45) is 8.88. The van der Waals surface area contributed by atoms with E-state index in [0.29, 0.717) is 30.8 Å². The molecule has 0 unspecified atom stereocenters. The van der Waals surface area contributed by atoms with Gasteiger partial charge in [-0.25, -0.2) is 4.98 Å². The summed E-state index contributed by atoms with van der Waals surface area (Å²) in [7, 11) is 0. The number of rotatable bonds is 5. The fraction of sp³-hybridized carbons (Fsp3) is 0.211. The number of pyridine rings is 3. The summed E-state index contributed by atoms with van der Waals surface area (Å²) in [5.74, 6) is 0.570. The van der Waals surface area contributed by atoms with Crippen LogP contribution in [0, 0.1) is 6.92 Å². The van der Waals surface area contributed by atoms with Crippen molar-refractivity contribution in [2.45, 2.75) is 13.5 Å². The van der Waals surface area contributed by atoms with Crippen LogP contribution in [0.5, 0.6) is 5.75 Å². The van der Waals surface area contributed by atoms with Crippen LogP contribution in [0.2, 0.25) is 0 Å². The highest BCUT2D eigenvalue weighted by Crippen LogP contribution is 2.21. The van der Waals surface area contributed by atoms with Crippen molar-refractivity contribution < 1.29 is 4.74 Å². The minimum atomic E-state index is -0.124. The molecule has 0 saturated carbocycles. The number of hydrogen-bond acceptors (Lipinski definition) is 5. The van der Waals surface area contributed by atoms with Crippen LogP contribution in [-0.2, 0) is 6.54 Å². The molecule has 0 bridgehead atoms. The molecule has 7 nitrogen and oxygen atoms in total. The summed E-state index contributed by atoms with van der Waals surface area (Å²) >= 11 is 0. The molecule has 0 atom stereocenters. The van der Waals surface area contributed by atoms with Gasteiger partial charge in [-0.2, -0.15) is 0 Å². The number of hydrogen-bond donors (Lipinski definition) is 1. The van der Waals surface area contributed by atoms with E-state index in [1.54, 1.807) is 23.2 Å². The van der Waals surface area contributed by atoms with Crippen molar-refractivity contribution >= 4 is 16.4 Å². The molecule has 132 valence electrons. The van der Waals surface area contributed by atoms with Crippen LogP contribution in [0.3, 0.4) is 0 Å². The summed E-state index contributed by atoms with van der Waals surface area (Å²) in [6.45, 7) is 3.21. The van der Waals surface area contributed by atoms with E-state index in [0.717, 1.165) is 22.3 Å². The van der Waals surface area contributed by atoms with E-state index in [1.165, 1.54) is 0 Å². The molecule has 7 heteroatoms. The molecule has 0 aromatic carbocycles. The second-order valence-electron chi connectivity index (χ2n) is 6.19. The Morgan fingerprint density at radius 2 is 2.04 bits per heavy atom. The van der Waals surface area contributed by atoms with Gasteiger partial charge in [-0.1, -0.05) is 6.07 Å². The maximum absolute atomic E-state index is 12.8. The summed E-state index contributed by atoms with van der Waals surface area (Å²) in [5, 5.41) is 1.25. The smallest absolute Gasteiger partial charge is 0.260 e. The Morgan fingerprint density at radius 3 is 2.88 bits per heavy atom. The number of nitrogens with two attached hydrogens (primary N) is 1. The molecule has 4 rings (SSSR count). The Kier molecular flexibility index (Phi) is 4.14. The van der Waals surface area contributed by atoms with Gasteiger partial charge in [-0.05, 0) is 24.6 Å². The monoisotopic (exact) mass is 349 g/mol. The van der Waals surface area contributed by atoms with E-state index >= 15 is 0 Å². The fourth-order valence-electron chi connectivity index (χ4n) is 3.00. The van der Waals surface area contributed by atoms with Crippen molar-refractivity contribution in [3.63, 3.8) is 0 Å². The SMILES string of the molecule is Cc1ccc2nc(Cn3ccc4c(OCCN)cncc4c3=O)cn2c1. The summed E-state index contributed by atoms with van der Waals surface area (Å²) in [4.78, 5) is 21.5. The molecule has 2 N–H and O–H groups in total. The molecule has 0 saturated heterocycles. The topological polar surface area (TPSA) is 87.4 Å². The lowest BCUT2D eigenvalue weighted by Gasteiger charge is -2.09. The van der Waals surface area contributed by atoms with Crippen molar-refractivity contribution in [3.8, 4) is 5.75 Å².